The molecule has 0 saturated heterocycles. The highest BCUT2D eigenvalue weighted by Gasteiger charge is 2.04. The maximum Gasteiger partial charge on any atom is 0.0384 e. The number of aryl methyl sites for hydroxylation is 5. The number of rotatable bonds is 9. The average Bonchev–Trinajstić information content (AvgIpc) is 2.58. The van der Waals surface area contributed by atoms with Crippen LogP contribution in [-0.4, -0.2) is 0 Å². The summed E-state index contributed by atoms with van der Waals surface area (Å²) in [5.41, 5.74) is 9.35. The molecule has 0 aliphatic heterocycles. The third-order valence-corrected chi connectivity index (χ3v) is 4.83. The quantitative estimate of drug-likeness (QED) is 0.533. The predicted octanol–water partition coefficient (Wildman–Crippen LogP) is 6.77. The molecular formula is C24H33N. The van der Waals surface area contributed by atoms with E-state index >= 15 is 0 Å². The Morgan fingerprint density at radius 3 is 2.24 bits per heavy atom. The fourth-order valence-corrected chi connectivity index (χ4v) is 3.30. The van der Waals surface area contributed by atoms with E-state index in [0.717, 1.165) is 30.6 Å². The zero-order valence-corrected chi connectivity index (χ0v) is 16.4. The first-order valence-electron chi connectivity index (χ1n) is 9.66. The second kappa shape index (κ2) is 9.46. The second-order valence-corrected chi connectivity index (χ2v) is 7.13. The molecule has 0 aliphatic rings. The fraction of sp³-hybridized carbons (Fsp3) is 0.417. The van der Waals surface area contributed by atoms with Crippen molar-refractivity contribution in [2.75, 3.05) is 5.32 Å². The first kappa shape index (κ1) is 19.3. The van der Waals surface area contributed by atoms with Gasteiger partial charge in [0.25, 0.3) is 0 Å². The molecule has 25 heavy (non-hydrogen) atoms. The van der Waals surface area contributed by atoms with Gasteiger partial charge in [0.2, 0.25) is 0 Å². The van der Waals surface area contributed by atoms with Crippen LogP contribution in [0.4, 0.5) is 5.69 Å². The molecule has 2 rings (SSSR count). The lowest BCUT2D eigenvalue weighted by atomic mass is 9.98. The molecule has 0 radical (unpaired) electrons. The predicted molar refractivity (Wildman–Crippen MR) is 111 cm³/mol. The summed E-state index contributed by atoms with van der Waals surface area (Å²) >= 11 is 0. The molecule has 0 aromatic heterocycles. The summed E-state index contributed by atoms with van der Waals surface area (Å²) in [7, 11) is 0. The summed E-state index contributed by atoms with van der Waals surface area (Å²) in [5, 5.41) is 3.48. The molecule has 1 heteroatoms. The first-order chi connectivity index (χ1) is 12.0. The lowest BCUT2D eigenvalue weighted by Gasteiger charge is -2.13. The molecule has 0 unspecified atom stereocenters. The van der Waals surface area contributed by atoms with E-state index in [1.54, 1.807) is 0 Å². The molecular weight excluding hydrogens is 302 g/mol. The average molecular weight is 336 g/mol. The van der Waals surface area contributed by atoms with Crippen molar-refractivity contribution in [3.8, 4) is 0 Å². The number of nitrogens with one attached hydrogen (secondary N) is 1. The molecule has 0 saturated carbocycles. The standard InChI is InChI=1S/C24H33N/c1-6-8-22-14-15-24(16-19(22)4)25-20(5)11-13-21-12-10-18(3)23(17-21)9-7-2/h10,12,14-17,25H,5-9,11,13H2,1-4H3. The van der Waals surface area contributed by atoms with Crippen LogP contribution in [0.1, 0.15) is 60.9 Å². The molecule has 2 aromatic rings. The van der Waals surface area contributed by atoms with Crippen LogP contribution in [0.3, 0.4) is 0 Å². The number of hydrogen-bond acceptors (Lipinski definition) is 1. The maximum atomic E-state index is 4.22. The SMILES string of the molecule is C=C(CCc1ccc(C)c(CCC)c1)Nc1ccc(CCC)c(C)c1. The van der Waals surface area contributed by atoms with Crippen molar-refractivity contribution in [1.82, 2.24) is 0 Å². The second-order valence-electron chi connectivity index (χ2n) is 7.13. The minimum Gasteiger partial charge on any atom is -0.359 e. The normalized spacial score (nSPS) is 10.7. The molecule has 1 nitrogen and oxygen atoms in total. The Balaban J connectivity index is 1.92. The maximum absolute atomic E-state index is 4.22. The minimum absolute atomic E-state index is 0.963. The van der Waals surface area contributed by atoms with Gasteiger partial charge in [-0.05, 0) is 79.5 Å². The van der Waals surface area contributed by atoms with Crippen LogP contribution >= 0.6 is 0 Å². The van der Waals surface area contributed by atoms with Crippen molar-refractivity contribution < 1.29 is 0 Å². The van der Waals surface area contributed by atoms with E-state index in [2.05, 4.69) is 76.0 Å². The highest BCUT2D eigenvalue weighted by Crippen LogP contribution is 2.20. The third kappa shape index (κ3) is 5.77. The van der Waals surface area contributed by atoms with E-state index < -0.39 is 0 Å². The summed E-state index contributed by atoms with van der Waals surface area (Å²) in [5.74, 6) is 0. The highest BCUT2D eigenvalue weighted by atomic mass is 14.9. The third-order valence-electron chi connectivity index (χ3n) is 4.83. The molecule has 134 valence electrons. The summed E-state index contributed by atoms with van der Waals surface area (Å²) in [4.78, 5) is 0. The van der Waals surface area contributed by atoms with Crippen LogP contribution in [0.15, 0.2) is 48.7 Å². The van der Waals surface area contributed by atoms with Gasteiger partial charge >= 0.3 is 0 Å². The van der Waals surface area contributed by atoms with E-state index in [4.69, 9.17) is 0 Å². The first-order valence-corrected chi connectivity index (χ1v) is 9.66. The zero-order valence-electron chi connectivity index (χ0n) is 16.4. The summed E-state index contributed by atoms with van der Waals surface area (Å²) in [6.45, 7) is 13.1. The van der Waals surface area contributed by atoms with E-state index in [-0.39, 0.29) is 0 Å². The van der Waals surface area contributed by atoms with Crippen LogP contribution in [0.2, 0.25) is 0 Å². The molecule has 0 heterocycles. The number of hydrogen-bond donors (Lipinski definition) is 1. The summed E-state index contributed by atoms with van der Waals surface area (Å²) in [6, 6.07) is 13.5. The monoisotopic (exact) mass is 335 g/mol. The van der Waals surface area contributed by atoms with E-state index in [1.807, 2.05) is 0 Å². The van der Waals surface area contributed by atoms with Crippen molar-refractivity contribution in [1.29, 1.82) is 0 Å². The van der Waals surface area contributed by atoms with Crippen molar-refractivity contribution in [2.24, 2.45) is 0 Å². The lowest BCUT2D eigenvalue weighted by molar-refractivity contribution is 0.896. The van der Waals surface area contributed by atoms with E-state index in [9.17, 15) is 0 Å². The Labute approximate surface area is 154 Å². The van der Waals surface area contributed by atoms with E-state index in [0.29, 0.717) is 0 Å². The van der Waals surface area contributed by atoms with Gasteiger partial charge in [0, 0.05) is 11.4 Å². The molecule has 0 bridgehead atoms. The van der Waals surface area contributed by atoms with Gasteiger partial charge in [-0.3, -0.25) is 0 Å². The Kier molecular flexibility index (Phi) is 7.31. The minimum atomic E-state index is 0.963. The van der Waals surface area contributed by atoms with Crippen molar-refractivity contribution in [2.45, 2.75) is 66.2 Å². The Morgan fingerprint density at radius 1 is 0.840 bits per heavy atom. The van der Waals surface area contributed by atoms with Gasteiger partial charge in [0.15, 0.2) is 0 Å². The highest BCUT2D eigenvalue weighted by molar-refractivity contribution is 5.52. The lowest BCUT2D eigenvalue weighted by Crippen LogP contribution is -2.01. The fourth-order valence-electron chi connectivity index (χ4n) is 3.30. The van der Waals surface area contributed by atoms with Gasteiger partial charge in [0.1, 0.15) is 0 Å². The number of benzene rings is 2. The molecule has 0 aliphatic carbocycles. The Hall–Kier alpha value is -2.02. The summed E-state index contributed by atoms with van der Waals surface area (Å²) < 4.78 is 0. The van der Waals surface area contributed by atoms with Crippen LogP contribution in [0, 0.1) is 13.8 Å². The van der Waals surface area contributed by atoms with Crippen LogP contribution < -0.4 is 5.32 Å². The van der Waals surface area contributed by atoms with Crippen LogP contribution in [-0.2, 0) is 19.3 Å². The largest absolute Gasteiger partial charge is 0.359 e. The zero-order chi connectivity index (χ0) is 18.2. The molecule has 0 atom stereocenters. The van der Waals surface area contributed by atoms with Crippen molar-refractivity contribution in [3.05, 3.63) is 76.5 Å². The van der Waals surface area contributed by atoms with Gasteiger partial charge in [-0.15, -0.1) is 0 Å². The van der Waals surface area contributed by atoms with Crippen LogP contribution in [0.25, 0.3) is 0 Å². The Morgan fingerprint density at radius 2 is 1.56 bits per heavy atom. The van der Waals surface area contributed by atoms with Gasteiger partial charge in [-0.1, -0.05) is 57.5 Å². The van der Waals surface area contributed by atoms with Gasteiger partial charge in [0.05, 0.1) is 0 Å². The molecule has 1 N–H and O–H groups in total. The number of allylic oxidation sites excluding steroid dienone is 1. The summed E-state index contributed by atoms with van der Waals surface area (Å²) in [6.07, 6.45) is 6.71. The van der Waals surface area contributed by atoms with Gasteiger partial charge < -0.3 is 5.32 Å². The Bertz CT molecular complexity index is 712. The van der Waals surface area contributed by atoms with Gasteiger partial charge in [-0.2, -0.15) is 0 Å². The molecule has 2 aromatic carbocycles. The van der Waals surface area contributed by atoms with Crippen molar-refractivity contribution in [3.63, 3.8) is 0 Å². The molecule has 0 spiro atoms. The number of anilines is 1. The topological polar surface area (TPSA) is 12.0 Å². The van der Waals surface area contributed by atoms with Crippen LogP contribution in [0.5, 0.6) is 0 Å². The smallest absolute Gasteiger partial charge is 0.0384 e. The van der Waals surface area contributed by atoms with Crippen molar-refractivity contribution >= 4 is 5.69 Å². The van der Waals surface area contributed by atoms with E-state index in [1.165, 1.54) is 47.1 Å². The molecule has 0 amide bonds. The van der Waals surface area contributed by atoms with Gasteiger partial charge in [-0.25, -0.2) is 0 Å². The molecule has 0 fully saturated rings.